The molecule has 0 atom stereocenters. The average molecular weight is 245 g/mol. The summed E-state index contributed by atoms with van der Waals surface area (Å²) in [5, 5.41) is 0. The van der Waals surface area contributed by atoms with Gasteiger partial charge in [-0.2, -0.15) is 0 Å². The molecule has 0 spiro atoms. The molecule has 5 heteroatoms. The standard InChI is InChI=1S/C12H11N3OS/c1-8-4-10-11(13-5-8)15(12(17)14-10)6-9-2-3-16-7-9/h2-5,7H,6H2,1H3,(H,14,17). The molecule has 3 aromatic rings. The van der Waals surface area contributed by atoms with Crippen molar-refractivity contribution >= 4 is 23.4 Å². The van der Waals surface area contributed by atoms with Crippen LogP contribution >= 0.6 is 12.2 Å². The second-order valence-electron chi connectivity index (χ2n) is 4.03. The fraction of sp³-hybridized carbons (Fsp3) is 0.167. The molecule has 17 heavy (non-hydrogen) atoms. The second-order valence-corrected chi connectivity index (χ2v) is 4.42. The van der Waals surface area contributed by atoms with Crippen molar-refractivity contribution in [1.29, 1.82) is 0 Å². The Morgan fingerprint density at radius 3 is 3.18 bits per heavy atom. The molecule has 0 saturated carbocycles. The van der Waals surface area contributed by atoms with E-state index in [1.807, 2.05) is 29.8 Å². The lowest BCUT2D eigenvalue weighted by Gasteiger charge is -2.01. The first-order valence-corrected chi connectivity index (χ1v) is 5.71. The quantitative estimate of drug-likeness (QED) is 0.706. The third kappa shape index (κ3) is 1.78. The van der Waals surface area contributed by atoms with Crippen molar-refractivity contribution in [3.05, 3.63) is 46.8 Å². The third-order valence-electron chi connectivity index (χ3n) is 2.67. The molecule has 0 aliphatic carbocycles. The van der Waals surface area contributed by atoms with Crippen LogP contribution in [0, 0.1) is 11.7 Å². The first-order chi connectivity index (χ1) is 8.24. The number of aromatic nitrogens is 3. The summed E-state index contributed by atoms with van der Waals surface area (Å²) in [5.41, 5.74) is 4.04. The smallest absolute Gasteiger partial charge is 0.179 e. The molecule has 86 valence electrons. The molecular weight excluding hydrogens is 234 g/mol. The largest absolute Gasteiger partial charge is 0.472 e. The van der Waals surface area contributed by atoms with Crippen LogP contribution in [0.1, 0.15) is 11.1 Å². The lowest BCUT2D eigenvalue weighted by atomic mass is 10.3. The van der Waals surface area contributed by atoms with Crippen molar-refractivity contribution in [2.75, 3.05) is 0 Å². The number of imidazole rings is 1. The summed E-state index contributed by atoms with van der Waals surface area (Å²) in [7, 11) is 0. The van der Waals surface area contributed by atoms with Crippen molar-refractivity contribution < 1.29 is 4.42 Å². The van der Waals surface area contributed by atoms with Crippen molar-refractivity contribution in [1.82, 2.24) is 14.5 Å². The predicted octanol–water partition coefficient (Wildman–Crippen LogP) is 3.04. The van der Waals surface area contributed by atoms with Gasteiger partial charge in [-0.1, -0.05) is 0 Å². The molecule has 0 bridgehead atoms. The van der Waals surface area contributed by atoms with Gasteiger partial charge >= 0.3 is 0 Å². The van der Waals surface area contributed by atoms with Crippen LogP contribution in [0.3, 0.4) is 0 Å². The maximum Gasteiger partial charge on any atom is 0.179 e. The van der Waals surface area contributed by atoms with Gasteiger partial charge in [-0.15, -0.1) is 0 Å². The topological polar surface area (TPSA) is 46.8 Å². The minimum atomic E-state index is 0.672. The predicted molar refractivity (Wildman–Crippen MR) is 67.5 cm³/mol. The summed E-state index contributed by atoms with van der Waals surface area (Å²) in [6.07, 6.45) is 5.22. The number of hydrogen-bond donors (Lipinski definition) is 1. The molecule has 3 heterocycles. The van der Waals surface area contributed by atoms with Crippen LogP contribution < -0.4 is 0 Å². The molecule has 3 rings (SSSR count). The Hall–Kier alpha value is -1.88. The van der Waals surface area contributed by atoms with Gasteiger partial charge in [0.05, 0.1) is 24.6 Å². The Balaban J connectivity index is 2.16. The SMILES string of the molecule is Cc1cnc2c(c1)[nH]c(=S)n2Cc1ccoc1. The van der Waals surface area contributed by atoms with Crippen LogP contribution in [0.2, 0.25) is 0 Å². The number of nitrogens with one attached hydrogen (secondary N) is 1. The maximum atomic E-state index is 5.31. The van der Waals surface area contributed by atoms with Crippen LogP contribution in [-0.2, 0) is 6.54 Å². The van der Waals surface area contributed by atoms with Gasteiger partial charge in [0, 0.05) is 11.8 Å². The normalized spacial score (nSPS) is 11.1. The number of hydrogen-bond acceptors (Lipinski definition) is 3. The van der Waals surface area contributed by atoms with Gasteiger partial charge in [-0.3, -0.25) is 4.57 Å². The monoisotopic (exact) mass is 245 g/mol. The van der Waals surface area contributed by atoms with Gasteiger partial charge in [0.15, 0.2) is 10.4 Å². The number of fused-ring (bicyclic) bond motifs is 1. The molecule has 0 saturated heterocycles. The van der Waals surface area contributed by atoms with Crippen molar-refractivity contribution in [3.8, 4) is 0 Å². The maximum absolute atomic E-state index is 5.31. The van der Waals surface area contributed by atoms with Crippen LogP contribution in [0.25, 0.3) is 11.2 Å². The summed E-state index contributed by atoms with van der Waals surface area (Å²) in [5.74, 6) is 0. The molecular formula is C12H11N3OS. The highest BCUT2D eigenvalue weighted by Crippen LogP contribution is 2.15. The van der Waals surface area contributed by atoms with Gasteiger partial charge in [0.25, 0.3) is 0 Å². The fourth-order valence-electron chi connectivity index (χ4n) is 1.86. The molecule has 0 unspecified atom stereocenters. The van der Waals surface area contributed by atoms with E-state index >= 15 is 0 Å². The summed E-state index contributed by atoms with van der Waals surface area (Å²) < 4.78 is 7.70. The number of aromatic amines is 1. The zero-order valence-corrected chi connectivity index (χ0v) is 10.1. The van der Waals surface area contributed by atoms with E-state index < -0.39 is 0 Å². The van der Waals surface area contributed by atoms with Gasteiger partial charge < -0.3 is 9.40 Å². The second kappa shape index (κ2) is 3.85. The molecule has 0 radical (unpaired) electrons. The molecule has 0 amide bonds. The van der Waals surface area contributed by atoms with Gasteiger partial charge in [-0.05, 0) is 36.8 Å². The molecule has 4 nitrogen and oxygen atoms in total. The summed E-state index contributed by atoms with van der Waals surface area (Å²) in [6.45, 7) is 2.68. The Labute approximate surface area is 103 Å². The highest BCUT2D eigenvalue weighted by Gasteiger charge is 2.06. The van der Waals surface area contributed by atoms with Gasteiger partial charge in [0.2, 0.25) is 0 Å². The van der Waals surface area contributed by atoms with Gasteiger partial charge in [-0.25, -0.2) is 4.98 Å². The Kier molecular flexibility index (Phi) is 2.33. The van der Waals surface area contributed by atoms with Crippen molar-refractivity contribution in [3.63, 3.8) is 0 Å². The van der Waals surface area contributed by atoms with E-state index in [2.05, 4.69) is 9.97 Å². The van der Waals surface area contributed by atoms with E-state index in [9.17, 15) is 0 Å². The third-order valence-corrected chi connectivity index (χ3v) is 2.99. The summed E-state index contributed by atoms with van der Waals surface area (Å²) in [4.78, 5) is 7.58. The molecule has 1 N–H and O–H groups in total. The Morgan fingerprint density at radius 2 is 2.41 bits per heavy atom. The lowest BCUT2D eigenvalue weighted by molar-refractivity contribution is 0.562. The van der Waals surface area contributed by atoms with Crippen molar-refractivity contribution in [2.24, 2.45) is 0 Å². The van der Waals surface area contributed by atoms with E-state index in [-0.39, 0.29) is 0 Å². The molecule has 0 aliphatic rings. The minimum absolute atomic E-state index is 0.672. The van der Waals surface area contributed by atoms with Crippen LogP contribution in [0.15, 0.2) is 35.3 Å². The van der Waals surface area contributed by atoms with E-state index in [0.717, 1.165) is 22.3 Å². The summed E-state index contributed by atoms with van der Waals surface area (Å²) in [6, 6.07) is 3.97. The zero-order chi connectivity index (χ0) is 11.8. The van der Waals surface area contributed by atoms with E-state index in [1.165, 1.54) is 0 Å². The van der Waals surface area contributed by atoms with Crippen LogP contribution in [-0.4, -0.2) is 14.5 Å². The summed E-state index contributed by atoms with van der Waals surface area (Å²) >= 11 is 5.31. The highest BCUT2D eigenvalue weighted by atomic mass is 32.1. The van der Waals surface area contributed by atoms with Gasteiger partial charge in [0.1, 0.15) is 0 Å². The average Bonchev–Trinajstić information content (AvgIpc) is 2.88. The zero-order valence-electron chi connectivity index (χ0n) is 9.30. The van der Waals surface area contributed by atoms with Crippen LogP contribution in [0.4, 0.5) is 0 Å². The number of H-pyrrole nitrogens is 1. The molecule has 3 aromatic heterocycles. The molecule has 0 aromatic carbocycles. The fourth-order valence-corrected chi connectivity index (χ4v) is 2.12. The minimum Gasteiger partial charge on any atom is -0.472 e. The Bertz CT molecular complexity index is 709. The lowest BCUT2D eigenvalue weighted by Crippen LogP contribution is -1.99. The Morgan fingerprint density at radius 1 is 1.53 bits per heavy atom. The number of rotatable bonds is 2. The first kappa shape index (κ1) is 10.3. The molecule has 0 aliphatic heterocycles. The highest BCUT2D eigenvalue weighted by molar-refractivity contribution is 7.71. The van der Waals surface area contributed by atoms with Crippen molar-refractivity contribution in [2.45, 2.75) is 13.5 Å². The van der Waals surface area contributed by atoms with E-state index in [0.29, 0.717) is 11.3 Å². The number of pyridine rings is 1. The van der Waals surface area contributed by atoms with E-state index in [1.54, 1.807) is 12.5 Å². The number of furan rings is 1. The van der Waals surface area contributed by atoms with Crippen LogP contribution in [0.5, 0.6) is 0 Å². The number of nitrogens with zero attached hydrogens (tertiary/aromatic N) is 2. The first-order valence-electron chi connectivity index (χ1n) is 5.30. The number of aryl methyl sites for hydroxylation is 1. The van der Waals surface area contributed by atoms with E-state index in [4.69, 9.17) is 16.6 Å². The molecule has 0 fully saturated rings.